The Morgan fingerprint density at radius 3 is 2.14 bits per heavy atom. The van der Waals surface area contributed by atoms with Gasteiger partial charge in [-0.05, 0) is 49.4 Å². The molecule has 36 heavy (non-hydrogen) atoms. The van der Waals surface area contributed by atoms with Crippen molar-refractivity contribution in [1.29, 1.82) is 0 Å². The molecule has 5 rings (SSSR count). The summed E-state index contributed by atoms with van der Waals surface area (Å²) in [5.41, 5.74) is 1.77. The third-order valence-electron chi connectivity index (χ3n) is 6.28. The molecule has 0 radical (unpaired) electrons. The van der Waals surface area contributed by atoms with Crippen LogP contribution in [0.5, 0.6) is 11.6 Å². The Bertz CT molecular complexity index is 1730. The van der Waals surface area contributed by atoms with E-state index in [1.54, 1.807) is 67.4 Å². The van der Waals surface area contributed by atoms with E-state index < -0.39 is 0 Å². The molecule has 0 amide bonds. The molecule has 0 aliphatic rings. The van der Waals surface area contributed by atoms with Crippen LogP contribution < -0.4 is 15.9 Å². The molecule has 0 saturated carbocycles. The average Bonchev–Trinajstić information content (AvgIpc) is 3.12. The minimum absolute atomic E-state index is 0.243. The molecular weight excluding hydrogens is 456 g/mol. The molecule has 0 saturated heterocycles. The second-order valence-electron chi connectivity index (χ2n) is 8.29. The fraction of sp³-hybridized carbons (Fsp3) is 0.107. The van der Waals surface area contributed by atoms with Crippen LogP contribution in [0.25, 0.3) is 22.1 Å². The number of pyridine rings is 1. The van der Waals surface area contributed by atoms with Crippen molar-refractivity contribution in [2.45, 2.75) is 6.92 Å². The van der Waals surface area contributed by atoms with Crippen molar-refractivity contribution < 1.29 is 9.84 Å². The van der Waals surface area contributed by atoms with Crippen LogP contribution in [0.4, 0.5) is 5.69 Å². The molecule has 0 bridgehead atoms. The molecule has 3 aromatic carbocycles. The van der Waals surface area contributed by atoms with Gasteiger partial charge in [0, 0.05) is 24.0 Å². The van der Waals surface area contributed by atoms with Crippen LogP contribution in [0, 0.1) is 6.92 Å². The maximum Gasteiger partial charge on any atom is 0.297 e. The zero-order valence-electron chi connectivity index (χ0n) is 20.0. The lowest BCUT2D eigenvalue weighted by Crippen LogP contribution is -2.20. The van der Waals surface area contributed by atoms with E-state index in [-0.39, 0.29) is 22.7 Å². The summed E-state index contributed by atoms with van der Waals surface area (Å²) < 4.78 is 9.71. The van der Waals surface area contributed by atoms with Gasteiger partial charge >= 0.3 is 0 Å². The number of ether oxygens (including phenoxy) is 1. The van der Waals surface area contributed by atoms with Crippen LogP contribution in [0.2, 0.25) is 0 Å². The smallest absolute Gasteiger partial charge is 0.297 e. The van der Waals surface area contributed by atoms with Crippen LogP contribution in [0.3, 0.4) is 0 Å². The zero-order valence-corrected chi connectivity index (χ0v) is 20.0. The number of rotatable bonds is 5. The number of methoxy groups -OCH3 is 1. The maximum absolute atomic E-state index is 13.3. The van der Waals surface area contributed by atoms with E-state index in [0.717, 1.165) is 5.69 Å². The summed E-state index contributed by atoms with van der Waals surface area (Å²) in [7, 11) is 3.35. The highest BCUT2D eigenvalue weighted by molar-refractivity contribution is 6.02. The molecule has 180 valence electrons. The minimum Gasteiger partial charge on any atom is -0.497 e. The highest BCUT2D eigenvalue weighted by Gasteiger charge is 2.18. The first-order valence-electron chi connectivity index (χ1n) is 11.3. The molecule has 5 aromatic rings. The summed E-state index contributed by atoms with van der Waals surface area (Å²) in [5.74, 6) is 0.354. The van der Waals surface area contributed by atoms with Gasteiger partial charge in [-0.2, -0.15) is 0 Å². The number of aromatic hydroxyl groups is 1. The first kappa shape index (κ1) is 22.9. The maximum atomic E-state index is 13.3. The SMILES string of the molecule is COc1ccc(-n2c(O)c(C=Nc3c(C)n(C)n(-c4ccccc4)c3=O)c3ccccc3c2=O)cc1. The standard InChI is InChI=1S/C28H24N4O4/c1-18-25(28(35)32(30(18)2)20-9-5-4-6-10-20)29-17-24-22-11-7-8-12-23(22)26(33)31(27(24)34)19-13-15-21(36-3)16-14-19/h4-17,34H,1-3H3. The van der Waals surface area contributed by atoms with E-state index in [1.807, 2.05) is 37.3 Å². The Labute approximate surface area is 206 Å². The molecule has 0 atom stereocenters. The number of fused-ring (bicyclic) bond motifs is 1. The van der Waals surface area contributed by atoms with Gasteiger partial charge in [0.25, 0.3) is 11.1 Å². The zero-order chi connectivity index (χ0) is 25.4. The van der Waals surface area contributed by atoms with Gasteiger partial charge in [0.2, 0.25) is 5.88 Å². The van der Waals surface area contributed by atoms with Crippen molar-refractivity contribution in [1.82, 2.24) is 13.9 Å². The quantitative estimate of drug-likeness (QED) is 0.381. The normalized spacial score (nSPS) is 11.4. The summed E-state index contributed by atoms with van der Waals surface area (Å²) in [6.07, 6.45) is 1.44. The Balaban J connectivity index is 1.71. The van der Waals surface area contributed by atoms with Gasteiger partial charge in [-0.1, -0.05) is 36.4 Å². The number of nitrogens with zero attached hydrogens (tertiary/aromatic N) is 4. The first-order chi connectivity index (χ1) is 17.4. The van der Waals surface area contributed by atoms with E-state index in [1.165, 1.54) is 15.5 Å². The molecular formula is C28H24N4O4. The van der Waals surface area contributed by atoms with Crippen molar-refractivity contribution >= 4 is 22.7 Å². The number of hydrogen-bond donors (Lipinski definition) is 1. The third kappa shape index (κ3) is 3.69. The Kier molecular flexibility index (Phi) is 5.77. The average molecular weight is 481 g/mol. The molecule has 0 aliphatic carbocycles. The van der Waals surface area contributed by atoms with Crippen LogP contribution in [0.15, 0.2) is 93.4 Å². The van der Waals surface area contributed by atoms with E-state index >= 15 is 0 Å². The largest absolute Gasteiger partial charge is 0.497 e. The van der Waals surface area contributed by atoms with Crippen LogP contribution in [0.1, 0.15) is 11.3 Å². The van der Waals surface area contributed by atoms with Gasteiger partial charge in [-0.25, -0.2) is 14.2 Å². The number of para-hydroxylation sites is 1. The first-order valence-corrected chi connectivity index (χ1v) is 11.3. The highest BCUT2D eigenvalue weighted by Crippen LogP contribution is 2.27. The van der Waals surface area contributed by atoms with Crippen molar-refractivity contribution in [3.8, 4) is 23.0 Å². The molecule has 0 unspecified atom stereocenters. The topological polar surface area (TPSA) is 90.8 Å². The number of hydrogen-bond acceptors (Lipinski definition) is 5. The van der Waals surface area contributed by atoms with Crippen molar-refractivity contribution in [2.75, 3.05) is 7.11 Å². The summed E-state index contributed by atoms with van der Waals surface area (Å²) in [6, 6.07) is 23.1. The number of benzene rings is 3. The Hall–Kier alpha value is -4.85. The Morgan fingerprint density at radius 1 is 0.833 bits per heavy atom. The molecule has 2 aromatic heterocycles. The molecule has 0 spiro atoms. The minimum atomic E-state index is -0.368. The van der Waals surface area contributed by atoms with Gasteiger partial charge in [-0.3, -0.25) is 14.3 Å². The number of aromatic nitrogens is 3. The van der Waals surface area contributed by atoms with Crippen molar-refractivity contribution in [3.05, 3.63) is 111 Å². The highest BCUT2D eigenvalue weighted by atomic mass is 16.5. The van der Waals surface area contributed by atoms with Crippen LogP contribution in [-0.2, 0) is 7.05 Å². The van der Waals surface area contributed by atoms with Crippen molar-refractivity contribution in [3.63, 3.8) is 0 Å². The van der Waals surface area contributed by atoms with Gasteiger partial charge < -0.3 is 9.84 Å². The second-order valence-corrected chi connectivity index (χ2v) is 8.29. The lowest BCUT2D eigenvalue weighted by molar-refractivity contribution is 0.414. The van der Waals surface area contributed by atoms with E-state index in [4.69, 9.17) is 4.74 Å². The molecule has 0 fully saturated rings. The fourth-order valence-electron chi connectivity index (χ4n) is 4.29. The lowest BCUT2D eigenvalue weighted by Gasteiger charge is -2.14. The molecule has 1 N–H and O–H groups in total. The monoisotopic (exact) mass is 480 g/mol. The molecule has 2 heterocycles. The molecule has 8 nitrogen and oxygen atoms in total. The predicted molar refractivity (Wildman–Crippen MR) is 141 cm³/mol. The van der Waals surface area contributed by atoms with E-state index in [9.17, 15) is 14.7 Å². The predicted octanol–water partition coefficient (Wildman–Crippen LogP) is 4.25. The number of aliphatic imine (C=N–C) groups is 1. The van der Waals surface area contributed by atoms with Crippen LogP contribution in [-0.4, -0.2) is 32.4 Å². The van der Waals surface area contributed by atoms with Crippen molar-refractivity contribution in [2.24, 2.45) is 12.0 Å². The fourth-order valence-corrected chi connectivity index (χ4v) is 4.29. The molecule has 8 heteroatoms. The summed E-state index contributed by atoms with van der Waals surface area (Å²) >= 11 is 0. The van der Waals surface area contributed by atoms with Gasteiger partial charge in [0.05, 0.1) is 29.7 Å². The Morgan fingerprint density at radius 2 is 1.47 bits per heavy atom. The van der Waals surface area contributed by atoms with E-state index in [0.29, 0.717) is 33.5 Å². The van der Waals surface area contributed by atoms with Gasteiger partial charge in [0.1, 0.15) is 5.75 Å². The summed E-state index contributed by atoms with van der Waals surface area (Å²) in [4.78, 5) is 31.1. The van der Waals surface area contributed by atoms with Gasteiger partial charge in [-0.15, -0.1) is 0 Å². The lowest BCUT2D eigenvalue weighted by atomic mass is 10.1. The molecule has 0 aliphatic heterocycles. The third-order valence-corrected chi connectivity index (χ3v) is 6.28. The second kappa shape index (κ2) is 9.07. The van der Waals surface area contributed by atoms with Gasteiger partial charge in [0.15, 0.2) is 5.69 Å². The summed E-state index contributed by atoms with van der Waals surface area (Å²) in [5, 5.41) is 12.2. The summed E-state index contributed by atoms with van der Waals surface area (Å²) in [6.45, 7) is 1.81. The van der Waals surface area contributed by atoms with Crippen LogP contribution >= 0.6 is 0 Å². The van der Waals surface area contributed by atoms with E-state index in [2.05, 4.69) is 4.99 Å².